The molecule has 17 heavy (non-hydrogen) atoms. The molecule has 1 aliphatic heterocycles. The van der Waals surface area contributed by atoms with Crippen molar-refractivity contribution in [3.63, 3.8) is 0 Å². The summed E-state index contributed by atoms with van der Waals surface area (Å²) in [4.78, 5) is 8.25. The second-order valence-corrected chi connectivity index (χ2v) is 4.19. The minimum Gasteiger partial charge on any atom is -0.376 e. The predicted octanol–water partition coefficient (Wildman–Crippen LogP) is 1.52. The second kappa shape index (κ2) is 4.29. The molecule has 1 aliphatic rings. The SMILES string of the molecule is Cc1noc2ncnc(NC[C@@H]3CCCO3)c12. The first-order valence-electron chi connectivity index (χ1n) is 5.77. The van der Waals surface area contributed by atoms with Crippen molar-refractivity contribution in [3.05, 3.63) is 12.0 Å². The molecule has 0 bridgehead atoms. The molecule has 1 N–H and O–H groups in total. The summed E-state index contributed by atoms with van der Waals surface area (Å²) in [6.45, 7) is 3.50. The van der Waals surface area contributed by atoms with E-state index in [4.69, 9.17) is 9.26 Å². The topological polar surface area (TPSA) is 73.1 Å². The summed E-state index contributed by atoms with van der Waals surface area (Å²) >= 11 is 0. The van der Waals surface area contributed by atoms with Gasteiger partial charge in [-0.3, -0.25) is 0 Å². The van der Waals surface area contributed by atoms with Gasteiger partial charge in [-0.1, -0.05) is 5.16 Å². The average molecular weight is 234 g/mol. The van der Waals surface area contributed by atoms with Crippen LogP contribution in [0.25, 0.3) is 11.1 Å². The van der Waals surface area contributed by atoms with Crippen LogP contribution >= 0.6 is 0 Å². The van der Waals surface area contributed by atoms with Crippen LogP contribution in [0.4, 0.5) is 5.82 Å². The molecule has 3 rings (SSSR count). The van der Waals surface area contributed by atoms with Crippen LogP contribution < -0.4 is 5.32 Å². The fraction of sp³-hybridized carbons (Fsp3) is 0.545. The summed E-state index contributed by atoms with van der Waals surface area (Å²) in [5, 5.41) is 8.02. The summed E-state index contributed by atoms with van der Waals surface area (Å²) in [5.74, 6) is 0.768. The zero-order valence-corrected chi connectivity index (χ0v) is 9.64. The van der Waals surface area contributed by atoms with Crippen molar-refractivity contribution in [2.24, 2.45) is 0 Å². The highest BCUT2D eigenvalue weighted by Gasteiger charge is 2.17. The number of nitrogens with zero attached hydrogens (tertiary/aromatic N) is 3. The van der Waals surface area contributed by atoms with Crippen LogP contribution in [-0.4, -0.2) is 34.4 Å². The van der Waals surface area contributed by atoms with Gasteiger partial charge in [-0.2, -0.15) is 4.98 Å². The standard InChI is InChI=1S/C11H14N4O2/c1-7-9-10(12-5-8-3-2-4-16-8)13-6-14-11(9)17-15-7/h6,8H,2-5H2,1H3,(H,12,13,14)/t8-/m0/s1. The fourth-order valence-corrected chi connectivity index (χ4v) is 2.07. The number of rotatable bonds is 3. The van der Waals surface area contributed by atoms with Gasteiger partial charge in [0.05, 0.1) is 11.8 Å². The summed E-state index contributed by atoms with van der Waals surface area (Å²) in [6, 6.07) is 0. The molecule has 0 unspecified atom stereocenters. The molecule has 0 aromatic carbocycles. The van der Waals surface area contributed by atoms with Gasteiger partial charge >= 0.3 is 0 Å². The van der Waals surface area contributed by atoms with Gasteiger partial charge in [0, 0.05) is 13.2 Å². The number of ether oxygens (including phenoxy) is 1. The first-order chi connectivity index (χ1) is 8.34. The quantitative estimate of drug-likeness (QED) is 0.868. The van der Waals surface area contributed by atoms with E-state index in [0.717, 1.165) is 42.9 Å². The van der Waals surface area contributed by atoms with Gasteiger partial charge in [0.1, 0.15) is 17.5 Å². The second-order valence-electron chi connectivity index (χ2n) is 4.19. The number of aromatic nitrogens is 3. The third kappa shape index (κ3) is 1.95. The Morgan fingerprint density at radius 3 is 3.24 bits per heavy atom. The number of nitrogens with one attached hydrogen (secondary N) is 1. The molecule has 0 amide bonds. The van der Waals surface area contributed by atoms with E-state index in [1.165, 1.54) is 6.33 Å². The van der Waals surface area contributed by atoms with Gasteiger partial charge in [-0.05, 0) is 19.8 Å². The van der Waals surface area contributed by atoms with Gasteiger partial charge in [0.25, 0.3) is 5.71 Å². The molecule has 2 aromatic rings. The molecule has 90 valence electrons. The van der Waals surface area contributed by atoms with Crippen molar-refractivity contribution in [3.8, 4) is 0 Å². The van der Waals surface area contributed by atoms with E-state index in [1.54, 1.807) is 0 Å². The number of hydrogen-bond acceptors (Lipinski definition) is 6. The maximum Gasteiger partial charge on any atom is 0.263 e. The first-order valence-corrected chi connectivity index (χ1v) is 5.77. The van der Waals surface area contributed by atoms with Crippen molar-refractivity contribution in [1.29, 1.82) is 0 Å². The smallest absolute Gasteiger partial charge is 0.263 e. The third-order valence-corrected chi connectivity index (χ3v) is 2.96. The van der Waals surface area contributed by atoms with E-state index in [-0.39, 0.29) is 6.10 Å². The fourth-order valence-electron chi connectivity index (χ4n) is 2.07. The Bertz CT molecular complexity index is 519. The van der Waals surface area contributed by atoms with E-state index >= 15 is 0 Å². The molecule has 3 heterocycles. The Morgan fingerprint density at radius 1 is 1.47 bits per heavy atom. The molecule has 0 spiro atoms. The summed E-state index contributed by atoms with van der Waals surface area (Å²) in [6.07, 6.45) is 3.99. The minimum atomic E-state index is 0.278. The summed E-state index contributed by atoms with van der Waals surface area (Å²) in [5.41, 5.74) is 1.32. The monoisotopic (exact) mass is 234 g/mol. The zero-order chi connectivity index (χ0) is 11.7. The number of fused-ring (bicyclic) bond motifs is 1. The molecular formula is C11H14N4O2. The molecule has 1 atom stereocenters. The van der Waals surface area contributed by atoms with Gasteiger partial charge < -0.3 is 14.6 Å². The molecule has 0 radical (unpaired) electrons. The molecule has 2 aromatic heterocycles. The van der Waals surface area contributed by atoms with Crippen LogP contribution in [0.5, 0.6) is 0 Å². The normalized spacial score (nSPS) is 19.9. The first kappa shape index (κ1) is 10.5. The lowest BCUT2D eigenvalue weighted by molar-refractivity contribution is 0.120. The maximum absolute atomic E-state index is 5.55. The minimum absolute atomic E-state index is 0.278. The van der Waals surface area contributed by atoms with Crippen LogP contribution in [0.15, 0.2) is 10.9 Å². The van der Waals surface area contributed by atoms with Crippen molar-refractivity contribution >= 4 is 16.9 Å². The van der Waals surface area contributed by atoms with E-state index in [1.807, 2.05) is 6.92 Å². The van der Waals surface area contributed by atoms with Crippen LogP contribution in [-0.2, 0) is 4.74 Å². The van der Waals surface area contributed by atoms with Crippen molar-refractivity contribution in [2.75, 3.05) is 18.5 Å². The van der Waals surface area contributed by atoms with Gasteiger partial charge in [0.15, 0.2) is 0 Å². The highest BCUT2D eigenvalue weighted by molar-refractivity contribution is 5.87. The molecule has 6 nitrogen and oxygen atoms in total. The average Bonchev–Trinajstić information content (AvgIpc) is 2.97. The number of hydrogen-bond donors (Lipinski definition) is 1. The maximum atomic E-state index is 5.55. The van der Waals surface area contributed by atoms with Crippen molar-refractivity contribution in [1.82, 2.24) is 15.1 Å². The Morgan fingerprint density at radius 2 is 2.41 bits per heavy atom. The molecule has 0 saturated carbocycles. The number of anilines is 1. The lowest BCUT2D eigenvalue weighted by Gasteiger charge is -2.11. The zero-order valence-electron chi connectivity index (χ0n) is 9.64. The Hall–Kier alpha value is -1.69. The lowest BCUT2D eigenvalue weighted by atomic mass is 10.2. The van der Waals surface area contributed by atoms with Gasteiger partial charge in [-0.25, -0.2) is 4.98 Å². The van der Waals surface area contributed by atoms with Crippen LogP contribution in [0, 0.1) is 6.92 Å². The third-order valence-electron chi connectivity index (χ3n) is 2.96. The summed E-state index contributed by atoms with van der Waals surface area (Å²) in [7, 11) is 0. The predicted molar refractivity (Wildman–Crippen MR) is 61.8 cm³/mol. The van der Waals surface area contributed by atoms with Crippen LogP contribution in [0.1, 0.15) is 18.5 Å². The highest BCUT2D eigenvalue weighted by Crippen LogP contribution is 2.22. The van der Waals surface area contributed by atoms with E-state index in [9.17, 15) is 0 Å². The molecule has 0 aliphatic carbocycles. The van der Waals surface area contributed by atoms with E-state index in [0.29, 0.717) is 5.71 Å². The van der Waals surface area contributed by atoms with Crippen LogP contribution in [0.2, 0.25) is 0 Å². The molecular weight excluding hydrogens is 220 g/mol. The Kier molecular flexibility index (Phi) is 2.64. The van der Waals surface area contributed by atoms with Crippen molar-refractivity contribution in [2.45, 2.75) is 25.9 Å². The Balaban J connectivity index is 1.81. The molecule has 1 fully saturated rings. The highest BCUT2D eigenvalue weighted by atomic mass is 16.5. The Labute approximate surface area is 98.4 Å². The molecule has 1 saturated heterocycles. The summed E-state index contributed by atoms with van der Waals surface area (Å²) < 4.78 is 10.6. The van der Waals surface area contributed by atoms with Crippen LogP contribution in [0.3, 0.4) is 0 Å². The van der Waals surface area contributed by atoms with Gasteiger partial charge in [0.2, 0.25) is 0 Å². The number of aryl methyl sites for hydroxylation is 1. The van der Waals surface area contributed by atoms with E-state index < -0.39 is 0 Å². The van der Waals surface area contributed by atoms with Crippen molar-refractivity contribution < 1.29 is 9.26 Å². The van der Waals surface area contributed by atoms with E-state index in [2.05, 4.69) is 20.4 Å². The van der Waals surface area contributed by atoms with Gasteiger partial charge in [-0.15, -0.1) is 0 Å². The largest absolute Gasteiger partial charge is 0.376 e. The molecule has 6 heteroatoms. The lowest BCUT2D eigenvalue weighted by Crippen LogP contribution is -2.19.